The van der Waals surface area contributed by atoms with Crippen molar-refractivity contribution in [2.24, 2.45) is 0 Å². The summed E-state index contributed by atoms with van der Waals surface area (Å²) < 4.78 is 1.31. The van der Waals surface area contributed by atoms with Gasteiger partial charge in [0.25, 0.3) is 5.56 Å². The Morgan fingerprint density at radius 2 is 1.95 bits per heavy atom. The molecule has 2 aromatic heterocycles. The largest absolute Gasteiger partial charge is 0.398 e. The molecule has 3 aromatic rings. The van der Waals surface area contributed by atoms with Crippen LogP contribution in [0.4, 0.5) is 5.69 Å². The van der Waals surface area contributed by atoms with Gasteiger partial charge in [-0.2, -0.15) is 0 Å². The van der Waals surface area contributed by atoms with Crippen LogP contribution in [0, 0.1) is 0 Å². The number of carbonyl (C=O) groups is 1. The summed E-state index contributed by atoms with van der Waals surface area (Å²) in [4.78, 5) is 27.6. The van der Waals surface area contributed by atoms with Crippen molar-refractivity contribution in [3.05, 3.63) is 64.7 Å². The third kappa shape index (κ3) is 2.12. The number of aromatic nitrogens is 3. The van der Waals surface area contributed by atoms with Gasteiger partial charge in [0.15, 0.2) is 6.29 Å². The van der Waals surface area contributed by atoms with Crippen LogP contribution in [0.3, 0.4) is 0 Å². The van der Waals surface area contributed by atoms with Crippen LogP contribution < -0.4 is 11.3 Å². The van der Waals surface area contributed by atoms with Crippen molar-refractivity contribution in [2.75, 3.05) is 5.73 Å². The van der Waals surface area contributed by atoms with Crippen molar-refractivity contribution in [2.45, 2.75) is 0 Å². The molecule has 6 heteroatoms. The predicted octanol–water partition coefficient (Wildman–Crippen LogP) is 1.62. The molecule has 3 N–H and O–H groups in total. The van der Waals surface area contributed by atoms with Gasteiger partial charge < -0.3 is 5.73 Å². The Kier molecular flexibility index (Phi) is 3.12. The molecule has 0 aliphatic carbocycles. The smallest absolute Gasteiger partial charge is 0.282 e. The zero-order valence-corrected chi connectivity index (χ0v) is 11.0. The quantitative estimate of drug-likeness (QED) is 0.713. The summed E-state index contributed by atoms with van der Waals surface area (Å²) >= 11 is 0. The monoisotopic (exact) mass is 280 g/mol. The van der Waals surface area contributed by atoms with Gasteiger partial charge in [0.2, 0.25) is 0 Å². The fraction of sp³-hybridized carbons (Fsp3) is 0. The number of H-pyrrole nitrogens is 1. The molecular formula is C15H12N4O2. The lowest BCUT2D eigenvalue weighted by atomic mass is 10.1. The number of hydrogen-bond donors (Lipinski definition) is 2. The maximum atomic E-state index is 12.3. The highest BCUT2D eigenvalue weighted by Gasteiger charge is 2.17. The third-order valence-electron chi connectivity index (χ3n) is 3.18. The van der Waals surface area contributed by atoms with Crippen molar-refractivity contribution in [1.82, 2.24) is 14.8 Å². The molecule has 0 bridgehead atoms. The van der Waals surface area contributed by atoms with E-state index in [9.17, 15) is 9.59 Å². The van der Waals surface area contributed by atoms with E-state index >= 15 is 0 Å². The van der Waals surface area contributed by atoms with Crippen molar-refractivity contribution >= 4 is 12.0 Å². The second-order valence-corrected chi connectivity index (χ2v) is 4.46. The summed E-state index contributed by atoms with van der Waals surface area (Å²) in [7, 11) is 0. The van der Waals surface area contributed by atoms with Crippen molar-refractivity contribution in [1.29, 1.82) is 0 Å². The lowest BCUT2D eigenvalue weighted by Crippen LogP contribution is -2.16. The lowest BCUT2D eigenvalue weighted by molar-refractivity contribution is 0.112. The van der Waals surface area contributed by atoms with Crippen LogP contribution in [0.5, 0.6) is 0 Å². The first-order valence-corrected chi connectivity index (χ1v) is 6.28. The minimum Gasteiger partial charge on any atom is -0.398 e. The second-order valence-electron chi connectivity index (χ2n) is 4.46. The van der Waals surface area contributed by atoms with Crippen LogP contribution in [0.25, 0.3) is 16.9 Å². The number of aldehydes is 1. The first-order chi connectivity index (χ1) is 10.2. The molecule has 2 heterocycles. The summed E-state index contributed by atoms with van der Waals surface area (Å²) in [6.45, 7) is 0. The zero-order valence-electron chi connectivity index (χ0n) is 11.0. The fourth-order valence-corrected chi connectivity index (χ4v) is 2.14. The number of nitrogens with one attached hydrogen (secondary N) is 1. The van der Waals surface area contributed by atoms with Crippen LogP contribution in [0.2, 0.25) is 0 Å². The van der Waals surface area contributed by atoms with Crippen LogP contribution in [-0.4, -0.2) is 21.1 Å². The highest BCUT2D eigenvalue weighted by molar-refractivity contribution is 5.88. The van der Waals surface area contributed by atoms with Crippen LogP contribution >= 0.6 is 0 Å². The molecule has 0 atom stereocenters. The molecule has 0 fully saturated rings. The number of anilines is 1. The number of hydrogen-bond acceptors (Lipinski definition) is 4. The standard InChI is InChI=1S/C15H12N4O2/c16-13-6-7-17-8-11(13)14-12(9-20)15(21)19(18-14)10-4-2-1-3-5-10/h1-9,18H,(H2,16,17). The average molecular weight is 280 g/mol. The molecule has 6 nitrogen and oxygen atoms in total. The van der Waals surface area contributed by atoms with Crippen molar-refractivity contribution < 1.29 is 4.79 Å². The molecule has 0 aliphatic heterocycles. The third-order valence-corrected chi connectivity index (χ3v) is 3.18. The zero-order chi connectivity index (χ0) is 14.8. The predicted molar refractivity (Wildman–Crippen MR) is 79.4 cm³/mol. The van der Waals surface area contributed by atoms with E-state index in [4.69, 9.17) is 5.73 Å². The highest BCUT2D eigenvalue weighted by Crippen LogP contribution is 2.24. The molecule has 0 amide bonds. The first kappa shape index (κ1) is 12.9. The molecule has 1 aromatic carbocycles. The summed E-state index contributed by atoms with van der Waals surface area (Å²) in [6.07, 6.45) is 3.59. The van der Waals surface area contributed by atoms with Gasteiger partial charge >= 0.3 is 0 Å². The van der Waals surface area contributed by atoms with Crippen LogP contribution in [0.1, 0.15) is 10.4 Å². The van der Waals surface area contributed by atoms with E-state index in [0.717, 1.165) is 0 Å². The van der Waals surface area contributed by atoms with Gasteiger partial charge in [-0.3, -0.25) is 19.7 Å². The van der Waals surface area contributed by atoms with Gasteiger partial charge in [-0.05, 0) is 18.2 Å². The van der Waals surface area contributed by atoms with E-state index in [1.807, 2.05) is 6.07 Å². The van der Waals surface area contributed by atoms with Gasteiger partial charge in [-0.1, -0.05) is 18.2 Å². The van der Waals surface area contributed by atoms with Gasteiger partial charge in [-0.15, -0.1) is 0 Å². The van der Waals surface area contributed by atoms with E-state index in [-0.39, 0.29) is 5.56 Å². The average Bonchev–Trinajstić information content (AvgIpc) is 2.85. The van der Waals surface area contributed by atoms with E-state index in [2.05, 4.69) is 10.1 Å². The summed E-state index contributed by atoms with van der Waals surface area (Å²) in [5, 5.41) is 2.93. The SMILES string of the molecule is Nc1ccncc1-c1[nH]n(-c2ccccc2)c(=O)c1C=O. The summed E-state index contributed by atoms with van der Waals surface area (Å²) in [5.74, 6) is 0. The number of nitrogens with two attached hydrogens (primary N) is 1. The Labute approximate surface area is 119 Å². The normalized spacial score (nSPS) is 10.5. The lowest BCUT2D eigenvalue weighted by Gasteiger charge is -2.03. The molecule has 104 valence electrons. The molecule has 0 aliphatic rings. The molecule has 21 heavy (non-hydrogen) atoms. The topological polar surface area (TPSA) is 93.8 Å². The molecule has 0 unspecified atom stereocenters. The van der Waals surface area contributed by atoms with Gasteiger partial charge in [-0.25, -0.2) is 4.68 Å². The van der Waals surface area contributed by atoms with Crippen molar-refractivity contribution in [3.63, 3.8) is 0 Å². The van der Waals surface area contributed by atoms with Gasteiger partial charge in [0.05, 0.1) is 11.4 Å². The Bertz CT molecular complexity index is 850. The number of aromatic amines is 1. The minimum atomic E-state index is -0.422. The molecule has 3 rings (SSSR count). The van der Waals surface area contributed by atoms with Gasteiger partial charge in [0, 0.05) is 23.6 Å². The number of benzene rings is 1. The first-order valence-electron chi connectivity index (χ1n) is 6.28. The number of pyridine rings is 1. The molecule has 0 saturated heterocycles. The number of rotatable bonds is 3. The minimum absolute atomic E-state index is 0.0264. The maximum Gasteiger partial charge on any atom is 0.282 e. The number of para-hydroxylation sites is 1. The Morgan fingerprint density at radius 3 is 2.62 bits per heavy atom. The van der Waals surface area contributed by atoms with Crippen LogP contribution in [0.15, 0.2) is 53.6 Å². The summed E-state index contributed by atoms with van der Waals surface area (Å²) in [6, 6.07) is 10.6. The van der Waals surface area contributed by atoms with Crippen molar-refractivity contribution in [3.8, 4) is 16.9 Å². The number of nitrogens with zero attached hydrogens (tertiary/aromatic N) is 2. The summed E-state index contributed by atoms with van der Waals surface area (Å²) in [5.41, 5.74) is 7.45. The van der Waals surface area contributed by atoms with Crippen LogP contribution in [-0.2, 0) is 0 Å². The Morgan fingerprint density at radius 1 is 1.19 bits per heavy atom. The van der Waals surface area contributed by atoms with E-state index in [1.54, 1.807) is 36.5 Å². The molecular weight excluding hydrogens is 268 g/mol. The number of carbonyl (C=O) groups excluding carboxylic acids is 1. The van der Waals surface area contributed by atoms with E-state index < -0.39 is 5.56 Å². The maximum absolute atomic E-state index is 12.3. The fourth-order valence-electron chi connectivity index (χ4n) is 2.14. The Hall–Kier alpha value is -3.15. The Balaban J connectivity index is 2.27. The van der Waals surface area contributed by atoms with E-state index in [0.29, 0.717) is 28.9 Å². The molecule has 0 radical (unpaired) electrons. The molecule has 0 spiro atoms. The molecule has 0 saturated carbocycles. The van der Waals surface area contributed by atoms with E-state index in [1.165, 1.54) is 10.9 Å². The number of nitrogen functional groups attached to an aromatic ring is 1. The second kappa shape index (κ2) is 5.09. The highest BCUT2D eigenvalue weighted by atomic mass is 16.1. The van der Waals surface area contributed by atoms with Gasteiger partial charge in [0.1, 0.15) is 5.56 Å².